The number of aliphatic hydroxyl groups excluding tert-OH is 1. The molecular formula is C19H25NO. The summed E-state index contributed by atoms with van der Waals surface area (Å²) in [5.41, 5.74) is 1.21. The Morgan fingerprint density at radius 1 is 1.05 bits per heavy atom. The molecule has 0 aliphatic heterocycles. The molecule has 21 heavy (non-hydrogen) atoms. The van der Waals surface area contributed by atoms with E-state index in [1.165, 1.54) is 29.2 Å². The minimum absolute atomic E-state index is 0.0447. The summed E-state index contributed by atoms with van der Waals surface area (Å²) in [6.07, 6.45) is 5.09. The summed E-state index contributed by atoms with van der Waals surface area (Å²) in [4.78, 5) is 2.25. The molecule has 0 radical (unpaired) electrons. The minimum Gasteiger partial charge on any atom is -0.391 e. The Bertz CT molecular complexity index is 608. The lowest BCUT2D eigenvalue weighted by atomic mass is 9.84. The summed E-state index contributed by atoms with van der Waals surface area (Å²) in [5, 5.41) is 13.5. The van der Waals surface area contributed by atoms with Crippen LogP contribution in [0, 0.1) is 0 Å². The summed E-state index contributed by atoms with van der Waals surface area (Å²) < 4.78 is 0. The predicted molar refractivity (Wildman–Crippen MR) is 88.5 cm³/mol. The fraction of sp³-hybridized carbons (Fsp3) is 0.474. The highest BCUT2D eigenvalue weighted by atomic mass is 16.3. The number of nitrogens with zero attached hydrogens (tertiary/aromatic N) is 1. The van der Waals surface area contributed by atoms with Crippen molar-refractivity contribution in [3.05, 3.63) is 48.0 Å². The molecule has 2 heteroatoms. The SMILES string of the molecule is CN(C)C1(C(O)Cc2cccc3ccccc23)CCCC1. The molecule has 1 saturated carbocycles. The second kappa shape index (κ2) is 5.78. The van der Waals surface area contributed by atoms with Crippen LogP contribution in [0.25, 0.3) is 10.8 Å². The molecule has 0 saturated heterocycles. The van der Waals surface area contributed by atoms with Crippen molar-refractivity contribution < 1.29 is 5.11 Å². The lowest BCUT2D eigenvalue weighted by Gasteiger charge is -2.40. The Hall–Kier alpha value is -1.38. The zero-order valence-electron chi connectivity index (χ0n) is 13.0. The number of benzene rings is 2. The Morgan fingerprint density at radius 2 is 1.71 bits per heavy atom. The first-order chi connectivity index (χ1) is 10.1. The quantitative estimate of drug-likeness (QED) is 0.926. The number of likely N-dealkylation sites (N-methyl/N-ethyl adjacent to an activating group) is 1. The highest BCUT2D eigenvalue weighted by molar-refractivity contribution is 5.85. The second-order valence-electron chi connectivity index (χ2n) is 6.56. The van der Waals surface area contributed by atoms with Gasteiger partial charge in [0.2, 0.25) is 0 Å². The summed E-state index contributed by atoms with van der Waals surface area (Å²) in [5.74, 6) is 0. The van der Waals surface area contributed by atoms with Gasteiger partial charge in [0.25, 0.3) is 0 Å². The minimum atomic E-state index is -0.305. The molecule has 2 aromatic rings. The fourth-order valence-corrected chi connectivity index (χ4v) is 3.93. The maximum Gasteiger partial charge on any atom is 0.0764 e. The van der Waals surface area contributed by atoms with Gasteiger partial charge in [-0.05, 0) is 43.3 Å². The zero-order chi connectivity index (χ0) is 14.9. The van der Waals surface area contributed by atoms with Gasteiger partial charge in [-0.3, -0.25) is 0 Å². The molecule has 0 aromatic heterocycles. The number of hydrogen-bond acceptors (Lipinski definition) is 2. The van der Waals surface area contributed by atoms with E-state index < -0.39 is 0 Å². The predicted octanol–water partition coefficient (Wildman–Crippen LogP) is 3.62. The molecule has 1 aliphatic rings. The van der Waals surface area contributed by atoms with Crippen LogP contribution in [0.15, 0.2) is 42.5 Å². The maximum atomic E-state index is 10.9. The van der Waals surface area contributed by atoms with Gasteiger partial charge in [-0.15, -0.1) is 0 Å². The lowest BCUT2D eigenvalue weighted by molar-refractivity contribution is -0.00232. The third-order valence-corrected chi connectivity index (χ3v) is 5.27. The zero-order valence-corrected chi connectivity index (χ0v) is 13.0. The average molecular weight is 283 g/mol. The third-order valence-electron chi connectivity index (χ3n) is 5.27. The van der Waals surface area contributed by atoms with E-state index in [9.17, 15) is 5.11 Å². The van der Waals surface area contributed by atoms with Gasteiger partial charge in [0.1, 0.15) is 0 Å². The Morgan fingerprint density at radius 3 is 2.43 bits per heavy atom. The standard InChI is InChI=1S/C19H25NO/c1-20(2)19(12-5-6-13-19)18(21)14-16-10-7-9-15-8-3-4-11-17(15)16/h3-4,7-11,18,21H,5-6,12-14H2,1-2H3. The van der Waals surface area contributed by atoms with Gasteiger partial charge in [-0.1, -0.05) is 55.3 Å². The van der Waals surface area contributed by atoms with Crippen LogP contribution in [0.5, 0.6) is 0 Å². The number of aliphatic hydroxyl groups is 1. The molecule has 1 aliphatic carbocycles. The van der Waals surface area contributed by atoms with E-state index in [0.29, 0.717) is 0 Å². The van der Waals surface area contributed by atoms with Gasteiger partial charge in [-0.25, -0.2) is 0 Å². The molecule has 1 atom stereocenters. The Labute approximate surface area is 127 Å². The highest BCUT2D eigenvalue weighted by Gasteiger charge is 2.42. The van der Waals surface area contributed by atoms with Crippen molar-refractivity contribution in [2.75, 3.05) is 14.1 Å². The fourth-order valence-electron chi connectivity index (χ4n) is 3.93. The molecular weight excluding hydrogens is 258 g/mol. The smallest absolute Gasteiger partial charge is 0.0764 e. The molecule has 0 heterocycles. The van der Waals surface area contributed by atoms with Crippen LogP contribution in [0.4, 0.5) is 0 Å². The molecule has 2 nitrogen and oxygen atoms in total. The van der Waals surface area contributed by atoms with Gasteiger partial charge in [0.15, 0.2) is 0 Å². The van der Waals surface area contributed by atoms with Crippen LogP contribution in [-0.4, -0.2) is 35.7 Å². The summed E-state index contributed by atoms with van der Waals surface area (Å²) >= 11 is 0. The first kappa shape index (κ1) is 14.6. The van der Waals surface area contributed by atoms with Crippen molar-refractivity contribution >= 4 is 10.8 Å². The first-order valence-corrected chi connectivity index (χ1v) is 7.96. The van der Waals surface area contributed by atoms with Crippen LogP contribution < -0.4 is 0 Å². The van der Waals surface area contributed by atoms with E-state index in [-0.39, 0.29) is 11.6 Å². The van der Waals surface area contributed by atoms with Gasteiger partial charge >= 0.3 is 0 Å². The molecule has 3 rings (SSSR count). The third kappa shape index (κ3) is 2.58. The Kier molecular flexibility index (Phi) is 4.01. The number of rotatable bonds is 4. The molecule has 0 amide bonds. The van der Waals surface area contributed by atoms with E-state index in [2.05, 4.69) is 61.5 Å². The summed E-state index contributed by atoms with van der Waals surface area (Å²) in [6, 6.07) is 14.8. The van der Waals surface area contributed by atoms with Crippen molar-refractivity contribution in [1.29, 1.82) is 0 Å². The van der Waals surface area contributed by atoms with E-state index in [4.69, 9.17) is 0 Å². The van der Waals surface area contributed by atoms with Crippen LogP contribution in [0.1, 0.15) is 31.2 Å². The van der Waals surface area contributed by atoms with Crippen molar-refractivity contribution in [2.24, 2.45) is 0 Å². The van der Waals surface area contributed by atoms with E-state index >= 15 is 0 Å². The van der Waals surface area contributed by atoms with Crippen molar-refractivity contribution in [1.82, 2.24) is 4.90 Å². The van der Waals surface area contributed by atoms with Crippen LogP contribution in [-0.2, 0) is 6.42 Å². The lowest BCUT2D eigenvalue weighted by Crippen LogP contribution is -2.52. The van der Waals surface area contributed by atoms with Crippen molar-refractivity contribution in [3.63, 3.8) is 0 Å². The van der Waals surface area contributed by atoms with E-state index in [1.54, 1.807) is 0 Å². The normalized spacial score (nSPS) is 19.2. The van der Waals surface area contributed by atoms with E-state index in [1.807, 2.05) is 0 Å². The van der Waals surface area contributed by atoms with Gasteiger partial charge in [0.05, 0.1) is 6.10 Å². The number of fused-ring (bicyclic) bond motifs is 1. The molecule has 2 aromatic carbocycles. The van der Waals surface area contributed by atoms with Crippen LogP contribution in [0.3, 0.4) is 0 Å². The monoisotopic (exact) mass is 283 g/mol. The second-order valence-corrected chi connectivity index (χ2v) is 6.56. The topological polar surface area (TPSA) is 23.5 Å². The van der Waals surface area contributed by atoms with Gasteiger partial charge < -0.3 is 10.0 Å². The van der Waals surface area contributed by atoms with Crippen LogP contribution in [0.2, 0.25) is 0 Å². The molecule has 1 N–H and O–H groups in total. The maximum absolute atomic E-state index is 10.9. The summed E-state index contributed by atoms with van der Waals surface area (Å²) in [6.45, 7) is 0. The Balaban J connectivity index is 1.91. The number of hydrogen-bond donors (Lipinski definition) is 1. The largest absolute Gasteiger partial charge is 0.391 e. The first-order valence-electron chi connectivity index (χ1n) is 7.96. The molecule has 0 bridgehead atoms. The molecule has 112 valence electrons. The van der Waals surface area contributed by atoms with Crippen molar-refractivity contribution in [2.45, 2.75) is 43.7 Å². The van der Waals surface area contributed by atoms with Crippen LogP contribution >= 0.6 is 0 Å². The summed E-state index contributed by atoms with van der Waals surface area (Å²) in [7, 11) is 4.22. The van der Waals surface area contributed by atoms with Crippen molar-refractivity contribution in [3.8, 4) is 0 Å². The molecule has 1 unspecified atom stereocenters. The molecule has 1 fully saturated rings. The van der Waals surface area contributed by atoms with Gasteiger partial charge in [-0.2, -0.15) is 0 Å². The van der Waals surface area contributed by atoms with Gasteiger partial charge in [0, 0.05) is 12.0 Å². The molecule has 0 spiro atoms. The average Bonchev–Trinajstić information content (AvgIpc) is 2.98. The van der Waals surface area contributed by atoms with E-state index in [0.717, 1.165) is 19.3 Å². The highest BCUT2D eigenvalue weighted by Crippen LogP contribution is 2.38.